The smallest absolute Gasteiger partial charge is 0.357 e. The Morgan fingerprint density at radius 1 is 1.39 bits per heavy atom. The summed E-state index contributed by atoms with van der Waals surface area (Å²) in [5.41, 5.74) is -4.91. The molecule has 0 spiro atoms. The molecule has 1 heterocycles. The predicted molar refractivity (Wildman–Crippen MR) is 56.4 cm³/mol. The predicted octanol–water partition coefficient (Wildman–Crippen LogP) is 1.11. The normalized spacial score (nSPS) is 11.4. The lowest BCUT2D eigenvalue weighted by Crippen LogP contribution is -2.21. The number of hydrogen-bond donors (Lipinski definition) is 2. The van der Waals surface area contributed by atoms with E-state index in [0.717, 1.165) is 0 Å². The van der Waals surface area contributed by atoms with E-state index in [0.29, 0.717) is 5.69 Å². The SMILES string of the molecule is CN(C)C(=O)c1ccc[nH]1.O=S(=O)(O)C(F)(F)F. The molecule has 18 heavy (non-hydrogen) atoms. The number of H-pyrrole nitrogens is 1. The van der Waals surface area contributed by atoms with E-state index in [4.69, 9.17) is 13.0 Å². The summed E-state index contributed by atoms with van der Waals surface area (Å²) in [6.45, 7) is 0. The van der Waals surface area contributed by atoms with Crippen molar-refractivity contribution in [1.29, 1.82) is 0 Å². The number of carbonyl (C=O) groups is 1. The second kappa shape index (κ2) is 5.87. The van der Waals surface area contributed by atoms with Crippen molar-refractivity contribution < 1.29 is 30.9 Å². The molecule has 0 aromatic carbocycles. The molecule has 10 heteroatoms. The van der Waals surface area contributed by atoms with Crippen LogP contribution < -0.4 is 0 Å². The molecule has 0 saturated heterocycles. The summed E-state index contributed by atoms with van der Waals surface area (Å²) >= 11 is 0. The highest BCUT2D eigenvalue weighted by Crippen LogP contribution is 2.20. The standard InChI is InChI=1S/C7H10N2O.CHF3O3S/c1-9(2)7(10)6-4-3-5-8-6;2-1(3,4)8(5,6)7/h3-5,8H,1-2H3;(H,5,6,7). The highest BCUT2D eigenvalue weighted by Gasteiger charge is 2.44. The number of amides is 1. The Balaban J connectivity index is 0.000000331. The second-order valence-corrected chi connectivity index (χ2v) is 4.62. The van der Waals surface area contributed by atoms with Crippen LogP contribution in [0, 0.1) is 0 Å². The molecule has 0 aliphatic carbocycles. The van der Waals surface area contributed by atoms with Gasteiger partial charge in [0.25, 0.3) is 5.91 Å². The van der Waals surface area contributed by atoms with Crippen molar-refractivity contribution in [1.82, 2.24) is 9.88 Å². The second-order valence-electron chi connectivity index (χ2n) is 3.20. The summed E-state index contributed by atoms with van der Waals surface area (Å²) in [7, 11) is -2.39. The van der Waals surface area contributed by atoms with Gasteiger partial charge in [-0.05, 0) is 12.1 Å². The average Bonchev–Trinajstić information content (AvgIpc) is 2.66. The summed E-state index contributed by atoms with van der Waals surface area (Å²) in [5.74, 6) is 0.00463. The van der Waals surface area contributed by atoms with Gasteiger partial charge in [0.1, 0.15) is 5.69 Å². The molecule has 0 saturated carbocycles. The molecule has 0 unspecified atom stereocenters. The van der Waals surface area contributed by atoms with E-state index < -0.39 is 15.6 Å². The first-order valence-electron chi connectivity index (χ1n) is 4.35. The highest BCUT2D eigenvalue weighted by atomic mass is 32.2. The molecule has 0 fully saturated rings. The van der Waals surface area contributed by atoms with Gasteiger partial charge < -0.3 is 9.88 Å². The summed E-state index contributed by atoms with van der Waals surface area (Å²) in [5, 5.41) is 0. The van der Waals surface area contributed by atoms with E-state index in [2.05, 4.69) is 4.98 Å². The van der Waals surface area contributed by atoms with Gasteiger partial charge in [-0.15, -0.1) is 0 Å². The van der Waals surface area contributed by atoms with Crippen molar-refractivity contribution in [3.05, 3.63) is 24.0 Å². The quantitative estimate of drug-likeness (QED) is 0.598. The number of halogens is 3. The van der Waals surface area contributed by atoms with Gasteiger partial charge >= 0.3 is 15.6 Å². The number of carbonyl (C=O) groups excluding carboxylic acids is 1. The van der Waals surface area contributed by atoms with Crippen LogP contribution in [0.2, 0.25) is 0 Å². The van der Waals surface area contributed by atoms with E-state index in [-0.39, 0.29) is 5.91 Å². The first-order chi connectivity index (χ1) is 7.97. The molecule has 1 aromatic rings. The van der Waals surface area contributed by atoms with Crippen LogP contribution in [0.3, 0.4) is 0 Å². The van der Waals surface area contributed by atoms with Gasteiger partial charge in [0.15, 0.2) is 0 Å². The van der Waals surface area contributed by atoms with E-state index in [1.54, 1.807) is 32.4 Å². The zero-order valence-electron chi connectivity index (χ0n) is 9.39. The summed E-state index contributed by atoms with van der Waals surface area (Å²) in [6.07, 6.45) is 1.73. The third-order valence-corrected chi connectivity index (χ3v) is 2.11. The number of hydrogen-bond acceptors (Lipinski definition) is 3. The molecule has 1 rings (SSSR count). The largest absolute Gasteiger partial charge is 0.522 e. The summed E-state index contributed by atoms with van der Waals surface area (Å²) in [6, 6.07) is 3.55. The van der Waals surface area contributed by atoms with Gasteiger partial charge in [0.2, 0.25) is 0 Å². The minimum Gasteiger partial charge on any atom is -0.357 e. The molecular weight excluding hydrogens is 277 g/mol. The molecule has 0 atom stereocenters. The Morgan fingerprint density at radius 3 is 2.06 bits per heavy atom. The number of aromatic amines is 1. The molecule has 0 bridgehead atoms. The zero-order valence-corrected chi connectivity index (χ0v) is 10.2. The lowest BCUT2D eigenvalue weighted by atomic mass is 10.4. The first kappa shape index (κ1) is 16.4. The van der Waals surface area contributed by atoms with Gasteiger partial charge in [0.05, 0.1) is 0 Å². The molecule has 1 aromatic heterocycles. The molecule has 0 radical (unpaired) electrons. The maximum atomic E-state index is 11.1. The first-order valence-corrected chi connectivity index (χ1v) is 5.79. The minimum atomic E-state index is -5.84. The fraction of sp³-hybridized carbons (Fsp3) is 0.375. The Hall–Kier alpha value is -1.55. The van der Waals surface area contributed by atoms with Crippen LogP contribution in [0.25, 0.3) is 0 Å². The molecular formula is C8H11F3N2O4S. The summed E-state index contributed by atoms with van der Waals surface area (Å²) in [4.78, 5) is 15.5. The monoisotopic (exact) mass is 288 g/mol. The van der Waals surface area contributed by atoms with E-state index >= 15 is 0 Å². The van der Waals surface area contributed by atoms with Crippen molar-refractivity contribution in [2.24, 2.45) is 0 Å². The lowest BCUT2D eigenvalue weighted by molar-refractivity contribution is -0.0510. The molecule has 6 nitrogen and oxygen atoms in total. The molecule has 104 valence electrons. The number of alkyl halides is 3. The zero-order chi connectivity index (χ0) is 14.6. The van der Waals surface area contributed by atoms with E-state index in [1.807, 2.05) is 0 Å². The van der Waals surface area contributed by atoms with Crippen molar-refractivity contribution in [2.75, 3.05) is 14.1 Å². The third kappa shape index (κ3) is 5.19. The summed E-state index contributed by atoms with van der Waals surface area (Å²) < 4.78 is 57.5. The average molecular weight is 288 g/mol. The molecule has 2 N–H and O–H groups in total. The number of nitrogens with one attached hydrogen (secondary N) is 1. The minimum absolute atomic E-state index is 0.00463. The molecule has 0 aliphatic rings. The van der Waals surface area contributed by atoms with Crippen molar-refractivity contribution in [3.63, 3.8) is 0 Å². The highest BCUT2D eigenvalue weighted by molar-refractivity contribution is 7.86. The number of nitrogens with zero attached hydrogens (tertiary/aromatic N) is 1. The number of rotatable bonds is 1. The van der Waals surface area contributed by atoms with Gasteiger partial charge in [-0.3, -0.25) is 9.35 Å². The molecule has 0 aliphatic heterocycles. The van der Waals surface area contributed by atoms with Crippen LogP contribution in [0.1, 0.15) is 10.5 Å². The van der Waals surface area contributed by atoms with E-state index in [9.17, 15) is 18.0 Å². The fourth-order valence-corrected chi connectivity index (χ4v) is 0.704. The van der Waals surface area contributed by atoms with Crippen LogP contribution in [0.5, 0.6) is 0 Å². The lowest BCUT2D eigenvalue weighted by Gasteiger charge is -2.07. The maximum absolute atomic E-state index is 11.1. The molecule has 1 amide bonds. The Labute approximate surface area is 101 Å². The van der Waals surface area contributed by atoms with Gasteiger partial charge in [-0.25, -0.2) is 0 Å². The number of aromatic nitrogens is 1. The Morgan fingerprint density at radius 2 is 1.83 bits per heavy atom. The topological polar surface area (TPSA) is 90.5 Å². The Kier molecular flexibility index (Phi) is 5.36. The van der Waals surface area contributed by atoms with Gasteiger partial charge in [-0.2, -0.15) is 21.6 Å². The maximum Gasteiger partial charge on any atom is 0.522 e. The van der Waals surface area contributed by atoms with Crippen LogP contribution >= 0.6 is 0 Å². The van der Waals surface area contributed by atoms with Crippen molar-refractivity contribution in [3.8, 4) is 0 Å². The van der Waals surface area contributed by atoms with Crippen LogP contribution in [-0.4, -0.2) is 48.4 Å². The van der Waals surface area contributed by atoms with Crippen molar-refractivity contribution >= 4 is 16.0 Å². The van der Waals surface area contributed by atoms with Crippen molar-refractivity contribution in [2.45, 2.75) is 5.51 Å². The van der Waals surface area contributed by atoms with E-state index in [1.165, 1.54) is 4.90 Å². The third-order valence-electron chi connectivity index (χ3n) is 1.53. The Bertz CT molecular complexity index is 479. The fourth-order valence-electron chi connectivity index (χ4n) is 0.704. The van der Waals surface area contributed by atoms with Crippen LogP contribution in [-0.2, 0) is 10.1 Å². The van der Waals surface area contributed by atoms with Gasteiger partial charge in [0, 0.05) is 20.3 Å². The van der Waals surface area contributed by atoms with Gasteiger partial charge in [-0.1, -0.05) is 0 Å². The van der Waals surface area contributed by atoms with Crippen LogP contribution in [0.15, 0.2) is 18.3 Å². The van der Waals surface area contributed by atoms with Crippen LogP contribution in [0.4, 0.5) is 13.2 Å².